The Labute approximate surface area is 232 Å². The molecule has 0 atom stereocenters. The molecule has 2 aliphatic rings. The van der Waals surface area contributed by atoms with Crippen LogP contribution in [0.4, 0.5) is 11.8 Å². The number of benzene rings is 1. The molecule has 0 spiro atoms. The predicted molar refractivity (Wildman–Crippen MR) is 151 cm³/mol. The summed E-state index contributed by atoms with van der Waals surface area (Å²) in [6, 6.07) is 9.12. The molecule has 0 amide bonds. The second-order valence-electron chi connectivity index (χ2n) is 10.6. The SMILES string of the molecule is CCOC(=O)C1CCC(c2cnc(N3CCC(n4nc(N)c5nnc(-c6ccccc6O)cc54)CC3)nc2)CC1. The largest absolute Gasteiger partial charge is 0.507 e. The van der Waals surface area contributed by atoms with E-state index < -0.39 is 0 Å². The van der Waals surface area contributed by atoms with Crippen molar-refractivity contribution in [1.82, 2.24) is 29.9 Å². The molecular formula is C29H34N8O3. The number of nitrogens with zero attached hydrogens (tertiary/aromatic N) is 7. The number of fused-ring (bicyclic) bond motifs is 1. The molecule has 1 saturated heterocycles. The quantitative estimate of drug-likeness (QED) is 0.339. The summed E-state index contributed by atoms with van der Waals surface area (Å²) in [5.74, 6) is 1.58. The molecule has 11 heteroatoms. The Morgan fingerprint density at radius 3 is 2.48 bits per heavy atom. The lowest BCUT2D eigenvalue weighted by molar-refractivity contribution is -0.149. The maximum absolute atomic E-state index is 12.0. The van der Waals surface area contributed by atoms with Crippen LogP contribution in [0.5, 0.6) is 5.75 Å². The zero-order valence-electron chi connectivity index (χ0n) is 22.6. The van der Waals surface area contributed by atoms with E-state index in [2.05, 4.69) is 20.2 Å². The van der Waals surface area contributed by atoms with Crippen molar-refractivity contribution in [3.63, 3.8) is 0 Å². The van der Waals surface area contributed by atoms with E-state index in [1.54, 1.807) is 12.1 Å². The van der Waals surface area contributed by atoms with Crippen molar-refractivity contribution in [3.8, 4) is 17.0 Å². The van der Waals surface area contributed by atoms with Crippen molar-refractivity contribution in [2.45, 2.75) is 57.4 Å². The van der Waals surface area contributed by atoms with Crippen LogP contribution in [0.2, 0.25) is 0 Å². The van der Waals surface area contributed by atoms with Crippen LogP contribution < -0.4 is 10.6 Å². The highest BCUT2D eigenvalue weighted by atomic mass is 16.5. The fourth-order valence-electron chi connectivity index (χ4n) is 5.99. The Morgan fingerprint density at radius 1 is 1.05 bits per heavy atom. The van der Waals surface area contributed by atoms with Crippen molar-refractivity contribution in [1.29, 1.82) is 0 Å². The fraction of sp³-hybridized carbons (Fsp3) is 0.448. The van der Waals surface area contributed by atoms with E-state index in [1.807, 2.05) is 42.2 Å². The third-order valence-electron chi connectivity index (χ3n) is 8.23. The Morgan fingerprint density at radius 2 is 1.77 bits per heavy atom. The lowest BCUT2D eigenvalue weighted by Gasteiger charge is -2.32. The molecule has 0 radical (unpaired) electrons. The zero-order valence-corrected chi connectivity index (χ0v) is 22.6. The molecule has 11 nitrogen and oxygen atoms in total. The molecule has 40 heavy (non-hydrogen) atoms. The topological polar surface area (TPSA) is 145 Å². The van der Waals surface area contributed by atoms with Gasteiger partial charge in [-0.1, -0.05) is 12.1 Å². The minimum absolute atomic E-state index is 0.0177. The van der Waals surface area contributed by atoms with Gasteiger partial charge in [-0.3, -0.25) is 9.48 Å². The molecule has 2 fully saturated rings. The molecule has 0 bridgehead atoms. The van der Waals surface area contributed by atoms with Crippen molar-refractivity contribution < 1.29 is 14.6 Å². The minimum atomic E-state index is -0.0643. The molecule has 3 N–H and O–H groups in total. The number of nitrogen functional groups attached to an aromatic ring is 1. The number of anilines is 2. The molecule has 3 aromatic heterocycles. The van der Waals surface area contributed by atoms with E-state index in [0.717, 1.165) is 68.6 Å². The van der Waals surface area contributed by atoms with Crippen LogP contribution in [0.25, 0.3) is 22.3 Å². The number of aromatic hydroxyl groups is 1. The number of aromatic nitrogens is 6. The molecule has 208 valence electrons. The van der Waals surface area contributed by atoms with Crippen LogP contribution in [0, 0.1) is 5.92 Å². The molecule has 1 saturated carbocycles. The maximum Gasteiger partial charge on any atom is 0.308 e. The third-order valence-corrected chi connectivity index (χ3v) is 8.23. The number of hydrogen-bond donors (Lipinski definition) is 2. The number of rotatable bonds is 6. The third kappa shape index (κ3) is 5.03. The number of esters is 1. The number of carbonyl (C=O) groups is 1. The Kier molecular flexibility index (Phi) is 7.19. The van der Waals surface area contributed by atoms with Crippen LogP contribution >= 0.6 is 0 Å². The first kappa shape index (κ1) is 26.0. The van der Waals surface area contributed by atoms with Crippen LogP contribution in [0.15, 0.2) is 42.7 Å². The first-order valence-corrected chi connectivity index (χ1v) is 14.0. The zero-order chi connectivity index (χ0) is 27.6. The number of para-hydroxylation sites is 1. The highest BCUT2D eigenvalue weighted by molar-refractivity contribution is 5.87. The van der Waals surface area contributed by atoms with Gasteiger partial charge in [-0.15, -0.1) is 10.2 Å². The Balaban J connectivity index is 1.11. The van der Waals surface area contributed by atoms with Crippen LogP contribution in [-0.4, -0.2) is 60.7 Å². The summed E-state index contributed by atoms with van der Waals surface area (Å²) in [5, 5.41) is 23.5. The van der Waals surface area contributed by atoms with Gasteiger partial charge in [0.2, 0.25) is 5.95 Å². The van der Waals surface area contributed by atoms with Crippen LogP contribution in [0.1, 0.15) is 63.0 Å². The lowest BCUT2D eigenvalue weighted by atomic mass is 9.79. The molecule has 1 aliphatic heterocycles. The van der Waals surface area contributed by atoms with E-state index in [-0.39, 0.29) is 23.7 Å². The van der Waals surface area contributed by atoms with Crippen molar-refractivity contribution in [2.75, 3.05) is 30.3 Å². The second kappa shape index (κ2) is 11.1. The van der Waals surface area contributed by atoms with Crippen molar-refractivity contribution in [2.24, 2.45) is 5.92 Å². The fourth-order valence-corrected chi connectivity index (χ4v) is 5.99. The number of phenols is 1. The number of carbonyl (C=O) groups excluding carboxylic acids is 1. The summed E-state index contributed by atoms with van der Waals surface area (Å²) in [6.07, 6.45) is 9.22. The van der Waals surface area contributed by atoms with Gasteiger partial charge >= 0.3 is 5.97 Å². The van der Waals surface area contributed by atoms with E-state index in [4.69, 9.17) is 20.4 Å². The average Bonchev–Trinajstić information content (AvgIpc) is 3.33. The highest BCUT2D eigenvalue weighted by Gasteiger charge is 2.29. The van der Waals surface area contributed by atoms with Gasteiger partial charge < -0.3 is 20.5 Å². The van der Waals surface area contributed by atoms with E-state index in [0.29, 0.717) is 35.1 Å². The van der Waals surface area contributed by atoms with E-state index in [9.17, 15) is 9.90 Å². The van der Waals surface area contributed by atoms with Gasteiger partial charge in [0, 0.05) is 31.0 Å². The van der Waals surface area contributed by atoms with Gasteiger partial charge in [-0.05, 0) is 75.1 Å². The summed E-state index contributed by atoms with van der Waals surface area (Å²) in [4.78, 5) is 23.7. The normalized spacial score (nSPS) is 20.1. The Hall–Kier alpha value is -4.28. The molecule has 0 unspecified atom stereocenters. The van der Waals surface area contributed by atoms with Crippen LogP contribution in [-0.2, 0) is 9.53 Å². The summed E-state index contributed by atoms with van der Waals surface area (Å²) >= 11 is 0. The first-order valence-electron chi connectivity index (χ1n) is 14.0. The molecule has 1 aromatic carbocycles. The standard InChI is InChI=1S/C29H34N8O3/c1-2-40-28(39)19-9-7-18(8-10-19)20-16-31-29(32-17-20)36-13-11-21(12-14-36)37-24-15-23(22-5-3-4-6-25(22)38)33-34-26(24)27(30)35-37/h3-6,15-19,21,38H,2,7-14H2,1H3,(H2,30,35). The summed E-state index contributed by atoms with van der Waals surface area (Å²) in [6.45, 7) is 3.87. The smallest absolute Gasteiger partial charge is 0.308 e. The van der Waals surface area contributed by atoms with E-state index >= 15 is 0 Å². The van der Waals surface area contributed by atoms with Crippen LogP contribution in [0.3, 0.4) is 0 Å². The first-order chi connectivity index (χ1) is 19.5. The number of nitrogens with two attached hydrogens (primary N) is 1. The second-order valence-corrected chi connectivity index (χ2v) is 10.6. The molecule has 6 rings (SSSR count). The lowest BCUT2D eigenvalue weighted by Crippen LogP contribution is -2.36. The van der Waals surface area contributed by atoms with Crippen molar-refractivity contribution >= 4 is 28.8 Å². The predicted octanol–water partition coefficient (Wildman–Crippen LogP) is 4.25. The van der Waals surface area contributed by atoms with Crippen molar-refractivity contribution in [3.05, 3.63) is 48.3 Å². The molecule has 4 aromatic rings. The minimum Gasteiger partial charge on any atom is -0.507 e. The highest BCUT2D eigenvalue weighted by Crippen LogP contribution is 2.37. The van der Waals surface area contributed by atoms with Gasteiger partial charge in [0.25, 0.3) is 0 Å². The van der Waals surface area contributed by atoms with Gasteiger partial charge in [-0.2, -0.15) is 5.10 Å². The molecule has 1 aliphatic carbocycles. The number of hydrogen-bond acceptors (Lipinski definition) is 10. The van der Waals surface area contributed by atoms with Gasteiger partial charge in [0.15, 0.2) is 11.3 Å². The van der Waals surface area contributed by atoms with Gasteiger partial charge in [0.1, 0.15) is 5.75 Å². The molecular weight excluding hydrogens is 508 g/mol. The Bertz CT molecular complexity index is 1490. The van der Waals surface area contributed by atoms with Gasteiger partial charge in [0.05, 0.1) is 29.8 Å². The maximum atomic E-state index is 12.0. The number of ether oxygens (including phenoxy) is 1. The number of piperidine rings is 1. The monoisotopic (exact) mass is 542 g/mol. The number of phenolic OH excluding ortho intramolecular Hbond substituents is 1. The van der Waals surface area contributed by atoms with Gasteiger partial charge in [-0.25, -0.2) is 9.97 Å². The summed E-state index contributed by atoms with van der Waals surface area (Å²) in [5.41, 5.74) is 9.90. The summed E-state index contributed by atoms with van der Waals surface area (Å²) < 4.78 is 7.15. The van der Waals surface area contributed by atoms with E-state index in [1.165, 1.54) is 0 Å². The molecule has 4 heterocycles. The average molecular weight is 543 g/mol. The summed E-state index contributed by atoms with van der Waals surface area (Å²) in [7, 11) is 0.